The van der Waals surface area contributed by atoms with E-state index in [1.165, 1.54) is 19.1 Å². The number of sulfone groups is 1. The molecule has 0 radical (unpaired) electrons. The normalized spacial score (nSPS) is 31.1. The van der Waals surface area contributed by atoms with Gasteiger partial charge in [0.2, 0.25) is 0 Å². The van der Waals surface area contributed by atoms with Gasteiger partial charge in [0.1, 0.15) is 5.37 Å². The highest BCUT2D eigenvalue weighted by Crippen LogP contribution is 2.44. The molecule has 1 heterocycles. The van der Waals surface area contributed by atoms with Crippen LogP contribution < -0.4 is 5.73 Å². The van der Waals surface area contributed by atoms with Gasteiger partial charge in [0.05, 0.1) is 0 Å². The summed E-state index contributed by atoms with van der Waals surface area (Å²) >= 11 is 1.73. The Hall–Kier alpha value is 0.220. The molecule has 100 valence electrons. The van der Waals surface area contributed by atoms with E-state index in [1.807, 2.05) is 0 Å². The zero-order valence-corrected chi connectivity index (χ0v) is 12.2. The van der Waals surface area contributed by atoms with Crippen molar-refractivity contribution in [2.24, 2.45) is 11.7 Å². The van der Waals surface area contributed by atoms with Gasteiger partial charge in [0, 0.05) is 36.4 Å². The Morgan fingerprint density at radius 2 is 2.12 bits per heavy atom. The molecular formula is C11H22N2O2S2. The summed E-state index contributed by atoms with van der Waals surface area (Å²) in [5.74, 6) is 2.27. The van der Waals surface area contributed by atoms with Gasteiger partial charge in [-0.25, -0.2) is 8.42 Å². The molecule has 4 nitrogen and oxygen atoms in total. The minimum Gasteiger partial charge on any atom is -0.329 e. The second-order valence-electron chi connectivity index (χ2n) is 5.39. The van der Waals surface area contributed by atoms with Gasteiger partial charge in [-0.2, -0.15) is 11.8 Å². The molecule has 0 amide bonds. The number of rotatable bonds is 4. The predicted octanol–water partition coefficient (Wildman–Crippen LogP) is 0.533. The van der Waals surface area contributed by atoms with E-state index in [1.54, 1.807) is 11.8 Å². The fourth-order valence-electron chi connectivity index (χ4n) is 2.74. The lowest BCUT2D eigenvalue weighted by Gasteiger charge is -2.47. The van der Waals surface area contributed by atoms with Crippen LogP contribution in [0.2, 0.25) is 0 Å². The summed E-state index contributed by atoms with van der Waals surface area (Å²) in [7, 11) is -3.02. The van der Waals surface area contributed by atoms with Crippen LogP contribution in [-0.4, -0.2) is 55.1 Å². The molecule has 1 aliphatic carbocycles. The first-order valence-corrected chi connectivity index (χ1v) is 9.24. The van der Waals surface area contributed by atoms with E-state index < -0.39 is 9.84 Å². The number of hydrogen-bond acceptors (Lipinski definition) is 5. The van der Waals surface area contributed by atoms with Crippen molar-refractivity contribution >= 4 is 21.6 Å². The summed E-state index contributed by atoms with van der Waals surface area (Å²) in [5, 5.41) is -0.351. The maximum Gasteiger partial charge on any atom is 0.164 e. The molecule has 2 unspecified atom stereocenters. The molecule has 1 saturated carbocycles. The van der Waals surface area contributed by atoms with E-state index >= 15 is 0 Å². The van der Waals surface area contributed by atoms with Crippen LogP contribution in [0.3, 0.4) is 0 Å². The van der Waals surface area contributed by atoms with Gasteiger partial charge in [-0.05, 0) is 25.7 Å². The van der Waals surface area contributed by atoms with Gasteiger partial charge in [-0.15, -0.1) is 0 Å². The number of nitrogens with two attached hydrogens (primary N) is 1. The van der Waals surface area contributed by atoms with Crippen LogP contribution in [0.25, 0.3) is 0 Å². The Bertz CT molecular complexity index is 381. The summed E-state index contributed by atoms with van der Waals surface area (Å²) in [6.07, 6.45) is 3.72. The number of nitrogens with zero attached hydrogens (tertiary/aromatic N) is 1. The first-order valence-electron chi connectivity index (χ1n) is 6.13. The van der Waals surface area contributed by atoms with Crippen molar-refractivity contribution < 1.29 is 8.42 Å². The van der Waals surface area contributed by atoms with Gasteiger partial charge >= 0.3 is 0 Å². The maximum absolute atomic E-state index is 11.9. The van der Waals surface area contributed by atoms with Crippen molar-refractivity contribution in [3.8, 4) is 0 Å². The predicted molar refractivity (Wildman–Crippen MR) is 72.8 cm³/mol. The number of hydrogen-bond donors (Lipinski definition) is 1. The fraction of sp³-hybridized carbons (Fsp3) is 1.00. The molecule has 0 bridgehead atoms. The molecule has 2 fully saturated rings. The zero-order chi connectivity index (χ0) is 12.7. The Morgan fingerprint density at radius 3 is 2.59 bits per heavy atom. The largest absolute Gasteiger partial charge is 0.329 e. The summed E-state index contributed by atoms with van der Waals surface area (Å²) in [5.41, 5.74) is 5.81. The standard InChI is InChI=1S/C11H22N2O2S2/c1-11(8-12,9-3-4-9)13-5-6-16-7-10(13)17(2,14)15/h9-10H,3-8,12H2,1-2H3. The molecular weight excluding hydrogens is 256 g/mol. The minimum atomic E-state index is -3.02. The van der Waals surface area contributed by atoms with Crippen molar-refractivity contribution in [2.45, 2.75) is 30.7 Å². The number of thioether (sulfide) groups is 1. The third-order valence-corrected chi connectivity index (χ3v) is 6.75. The lowest BCUT2D eigenvalue weighted by molar-refractivity contribution is 0.0850. The summed E-state index contributed by atoms with van der Waals surface area (Å²) in [6.45, 7) is 3.53. The molecule has 6 heteroatoms. The van der Waals surface area contributed by atoms with Crippen LogP contribution >= 0.6 is 11.8 Å². The topological polar surface area (TPSA) is 63.4 Å². The van der Waals surface area contributed by atoms with Crippen LogP contribution in [0.5, 0.6) is 0 Å². The van der Waals surface area contributed by atoms with Crippen LogP contribution in [-0.2, 0) is 9.84 Å². The van der Waals surface area contributed by atoms with Crippen molar-refractivity contribution in [1.82, 2.24) is 4.90 Å². The summed E-state index contributed by atoms with van der Waals surface area (Å²) in [4.78, 5) is 2.16. The first-order chi connectivity index (χ1) is 7.89. The van der Waals surface area contributed by atoms with E-state index in [4.69, 9.17) is 5.73 Å². The van der Waals surface area contributed by atoms with E-state index in [0.717, 1.165) is 12.3 Å². The molecule has 0 aromatic heterocycles. The quantitative estimate of drug-likeness (QED) is 0.813. The maximum atomic E-state index is 11.9. The van der Waals surface area contributed by atoms with E-state index in [2.05, 4.69) is 11.8 Å². The highest BCUT2D eigenvalue weighted by molar-refractivity contribution is 8.00. The second-order valence-corrected chi connectivity index (χ2v) is 8.74. The Labute approximate surface area is 108 Å². The molecule has 0 aromatic carbocycles. The first kappa shape index (κ1) is 13.6. The van der Waals surface area contributed by atoms with Gasteiger partial charge < -0.3 is 5.73 Å². The van der Waals surface area contributed by atoms with Crippen LogP contribution in [0.4, 0.5) is 0 Å². The van der Waals surface area contributed by atoms with Crippen molar-refractivity contribution in [2.75, 3.05) is 30.9 Å². The third kappa shape index (κ3) is 2.64. The molecule has 2 rings (SSSR count). The Morgan fingerprint density at radius 1 is 1.47 bits per heavy atom. The molecule has 2 atom stereocenters. The highest BCUT2D eigenvalue weighted by atomic mass is 32.2. The molecule has 17 heavy (non-hydrogen) atoms. The van der Waals surface area contributed by atoms with Gasteiger partial charge in [0.15, 0.2) is 9.84 Å². The highest BCUT2D eigenvalue weighted by Gasteiger charge is 2.49. The van der Waals surface area contributed by atoms with E-state index in [0.29, 0.717) is 18.2 Å². The molecule has 0 spiro atoms. The fourth-order valence-corrected chi connectivity index (χ4v) is 5.70. The van der Waals surface area contributed by atoms with E-state index in [9.17, 15) is 8.42 Å². The minimum absolute atomic E-state index is 0.130. The molecule has 2 N–H and O–H groups in total. The summed E-state index contributed by atoms with van der Waals surface area (Å²) in [6, 6.07) is 0. The van der Waals surface area contributed by atoms with Crippen LogP contribution in [0.1, 0.15) is 19.8 Å². The van der Waals surface area contributed by atoms with Gasteiger partial charge in [0.25, 0.3) is 0 Å². The molecule has 1 aliphatic heterocycles. The monoisotopic (exact) mass is 278 g/mol. The smallest absolute Gasteiger partial charge is 0.164 e. The third-order valence-electron chi connectivity index (χ3n) is 4.11. The van der Waals surface area contributed by atoms with Gasteiger partial charge in [-0.1, -0.05) is 0 Å². The zero-order valence-electron chi connectivity index (χ0n) is 10.6. The Kier molecular flexibility index (Phi) is 3.79. The van der Waals surface area contributed by atoms with Crippen LogP contribution in [0, 0.1) is 5.92 Å². The van der Waals surface area contributed by atoms with E-state index in [-0.39, 0.29) is 10.9 Å². The summed E-state index contributed by atoms with van der Waals surface area (Å²) < 4.78 is 23.8. The van der Waals surface area contributed by atoms with Crippen LogP contribution in [0.15, 0.2) is 0 Å². The lowest BCUT2D eigenvalue weighted by atomic mass is 9.93. The van der Waals surface area contributed by atoms with Crippen molar-refractivity contribution in [1.29, 1.82) is 0 Å². The van der Waals surface area contributed by atoms with Gasteiger partial charge in [-0.3, -0.25) is 4.90 Å². The molecule has 1 saturated heterocycles. The molecule has 0 aromatic rings. The lowest BCUT2D eigenvalue weighted by Crippen LogP contribution is -2.62. The molecule has 2 aliphatic rings. The second kappa shape index (κ2) is 4.72. The average molecular weight is 278 g/mol. The average Bonchev–Trinajstić information content (AvgIpc) is 3.11. The Balaban J connectivity index is 2.26. The van der Waals surface area contributed by atoms with Crippen molar-refractivity contribution in [3.05, 3.63) is 0 Å². The van der Waals surface area contributed by atoms with Crippen molar-refractivity contribution in [3.63, 3.8) is 0 Å². The SMILES string of the molecule is CC(CN)(C1CC1)N1CCSCC1S(C)(=O)=O.